The van der Waals surface area contributed by atoms with Crippen LogP contribution in [0.15, 0.2) is 24.3 Å². The topological polar surface area (TPSA) is 34.9 Å². The largest absolute Gasteiger partial charge is 0.416 e. The van der Waals surface area contributed by atoms with Crippen molar-refractivity contribution in [3.63, 3.8) is 0 Å². The summed E-state index contributed by atoms with van der Waals surface area (Å²) in [7, 11) is 0. The van der Waals surface area contributed by atoms with E-state index < -0.39 is 11.7 Å². The summed E-state index contributed by atoms with van der Waals surface area (Å²) in [5.74, 6) is 0.104. The molecule has 3 rings (SSSR count). The quantitative estimate of drug-likeness (QED) is 0.793. The molecule has 1 aromatic heterocycles. The van der Waals surface area contributed by atoms with Gasteiger partial charge in [0, 0.05) is 5.92 Å². The van der Waals surface area contributed by atoms with Gasteiger partial charge in [-0.3, -0.25) is 4.79 Å². The van der Waals surface area contributed by atoms with E-state index in [0.29, 0.717) is 16.9 Å². The highest BCUT2D eigenvalue weighted by Gasteiger charge is 2.34. The normalized spacial score (nSPS) is 15.1. The number of hydrogen-bond donors (Lipinski definition) is 0. The van der Waals surface area contributed by atoms with Gasteiger partial charge in [-0.1, -0.05) is 6.07 Å². The van der Waals surface area contributed by atoms with Crippen molar-refractivity contribution in [2.45, 2.75) is 38.8 Å². The van der Waals surface area contributed by atoms with Crippen molar-refractivity contribution in [1.82, 2.24) is 9.78 Å². The van der Waals surface area contributed by atoms with E-state index >= 15 is 0 Å². The van der Waals surface area contributed by atoms with Crippen molar-refractivity contribution in [1.29, 1.82) is 0 Å². The van der Waals surface area contributed by atoms with Crippen LogP contribution in [0, 0.1) is 6.92 Å². The molecule has 0 bridgehead atoms. The van der Waals surface area contributed by atoms with Crippen LogP contribution >= 0.6 is 0 Å². The Bertz CT molecular complexity index is 742. The van der Waals surface area contributed by atoms with E-state index in [1.807, 2.05) is 0 Å². The third-order valence-corrected chi connectivity index (χ3v) is 3.83. The molecule has 1 aliphatic carbocycles. The van der Waals surface area contributed by atoms with E-state index in [1.54, 1.807) is 13.0 Å². The van der Waals surface area contributed by atoms with Gasteiger partial charge in [-0.15, -0.1) is 0 Å². The van der Waals surface area contributed by atoms with E-state index in [1.165, 1.54) is 17.7 Å². The zero-order valence-electron chi connectivity index (χ0n) is 12.2. The van der Waals surface area contributed by atoms with Gasteiger partial charge in [-0.25, -0.2) is 4.68 Å². The Morgan fingerprint density at radius 3 is 2.55 bits per heavy atom. The molecule has 2 aromatic rings. The van der Waals surface area contributed by atoms with Crippen LogP contribution in [-0.4, -0.2) is 15.6 Å². The van der Waals surface area contributed by atoms with Crippen molar-refractivity contribution in [3.8, 4) is 5.69 Å². The number of halogens is 3. The smallest absolute Gasteiger partial charge is 0.294 e. The molecule has 0 saturated heterocycles. The Morgan fingerprint density at radius 1 is 1.32 bits per heavy atom. The van der Waals surface area contributed by atoms with Crippen LogP contribution in [0.3, 0.4) is 0 Å². The van der Waals surface area contributed by atoms with Crippen molar-refractivity contribution >= 4 is 5.78 Å². The number of benzene rings is 1. The third-order valence-electron chi connectivity index (χ3n) is 3.83. The van der Waals surface area contributed by atoms with Crippen LogP contribution in [0.4, 0.5) is 13.2 Å². The summed E-state index contributed by atoms with van der Waals surface area (Å²) < 4.78 is 40.2. The van der Waals surface area contributed by atoms with E-state index in [2.05, 4.69) is 5.10 Å². The molecule has 0 aliphatic heterocycles. The van der Waals surface area contributed by atoms with Crippen LogP contribution in [-0.2, 0) is 6.18 Å². The molecule has 0 unspecified atom stereocenters. The lowest BCUT2D eigenvalue weighted by Crippen LogP contribution is -2.08. The number of aromatic nitrogens is 2. The number of aryl methyl sites for hydroxylation is 1. The van der Waals surface area contributed by atoms with Gasteiger partial charge < -0.3 is 0 Å². The third kappa shape index (κ3) is 2.53. The number of hydrogen-bond acceptors (Lipinski definition) is 2. The molecule has 6 heteroatoms. The van der Waals surface area contributed by atoms with E-state index in [-0.39, 0.29) is 11.7 Å². The Balaban J connectivity index is 2.17. The van der Waals surface area contributed by atoms with Crippen LogP contribution in [0.1, 0.15) is 53.0 Å². The average molecular weight is 308 g/mol. The molecule has 1 heterocycles. The minimum absolute atomic E-state index is 0.0994. The summed E-state index contributed by atoms with van der Waals surface area (Å²) in [6.45, 7) is 3.18. The van der Waals surface area contributed by atoms with Crippen LogP contribution < -0.4 is 0 Å². The minimum Gasteiger partial charge on any atom is -0.294 e. The first-order valence-corrected chi connectivity index (χ1v) is 7.07. The minimum atomic E-state index is -4.40. The number of alkyl halides is 3. The lowest BCUT2D eigenvalue weighted by atomic mass is 10.1. The molecule has 0 radical (unpaired) electrons. The summed E-state index contributed by atoms with van der Waals surface area (Å²) in [6, 6.07) is 5.04. The van der Waals surface area contributed by atoms with Gasteiger partial charge >= 0.3 is 6.18 Å². The summed E-state index contributed by atoms with van der Waals surface area (Å²) >= 11 is 0. The van der Waals surface area contributed by atoms with E-state index in [9.17, 15) is 18.0 Å². The fourth-order valence-electron chi connectivity index (χ4n) is 2.72. The lowest BCUT2D eigenvalue weighted by Gasteiger charge is -2.11. The molecule has 22 heavy (non-hydrogen) atoms. The van der Waals surface area contributed by atoms with Gasteiger partial charge in [0.1, 0.15) is 0 Å². The molecular formula is C16H15F3N2O. The standard InChI is InChI=1S/C16H15F3N2O/c1-9-14(10(2)22)15(11-6-7-11)21(20-9)13-5-3-4-12(8-13)16(17,18)19/h3-5,8,11H,6-7H2,1-2H3. The molecule has 1 saturated carbocycles. The Morgan fingerprint density at radius 2 is 2.00 bits per heavy atom. The van der Waals surface area contributed by atoms with Gasteiger partial charge in [0.25, 0.3) is 0 Å². The van der Waals surface area contributed by atoms with Crippen molar-refractivity contribution in [2.75, 3.05) is 0 Å². The molecule has 1 fully saturated rings. The van der Waals surface area contributed by atoms with Crippen molar-refractivity contribution in [3.05, 3.63) is 46.8 Å². The highest BCUT2D eigenvalue weighted by Crippen LogP contribution is 2.43. The predicted molar refractivity (Wildman–Crippen MR) is 75.3 cm³/mol. The molecule has 1 aromatic carbocycles. The summed E-state index contributed by atoms with van der Waals surface area (Å²) in [4.78, 5) is 11.9. The van der Waals surface area contributed by atoms with Crippen LogP contribution in [0.5, 0.6) is 0 Å². The van der Waals surface area contributed by atoms with Gasteiger partial charge in [0.05, 0.1) is 28.2 Å². The predicted octanol–water partition coefficient (Wildman–Crippen LogP) is 4.28. The number of Topliss-reactive ketones (excluding diaryl/α,β-unsaturated/α-hetero) is 1. The Hall–Kier alpha value is -2.11. The summed E-state index contributed by atoms with van der Waals surface area (Å²) in [6.07, 6.45) is -2.53. The number of carbonyl (C=O) groups excluding carboxylic acids is 1. The fourth-order valence-corrected chi connectivity index (χ4v) is 2.72. The first-order chi connectivity index (χ1) is 10.3. The second-order valence-electron chi connectivity index (χ2n) is 5.64. The number of carbonyl (C=O) groups is 1. The highest BCUT2D eigenvalue weighted by atomic mass is 19.4. The zero-order chi connectivity index (χ0) is 16.1. The average Bonchev–Trinajstić information content (AvgIpc) is 3.20. The maximum Gasteiger partial charge on any atom is 0.416 e. The van der Waals surface area contributed by atoms with Gasteiger partial charge in [-0.2, -0.15) is 18.3 Å². The second kappa shape index (κ2) is 4.97. The van der Waals surface area contributed by atoms with Crippen molar-refractivity contribution in [2.24, 2.45) is 0 Å². The maximum absolute atomic E-state index is 12.9. The van der Waals surface area contributed by atoms with Gasteiger partial charge in [-0.05, 0) is 44.9 Å². The van der Waals surface area contributed by atoms with Crippen LogP contribution in [0.25, 0.3) is 5.69 Å². The molecular weight excluding hydrogens is 293 g/mol. The van der Waals surface area contributed by atoms with Gasteiger partial charge in [0.15, 0.2) is 5.78 Å². The summed E-state index contributed by atoms with van der Waals surface area (Å²) in [5, 5.41) is 4.31. The molecule has 116 valence electrons. The molecule has 0 spiro atoms. The second-order valence-corrected chi connectivity index (χ2v) is 5.64. The van der Waals surface area contributed by atoms with Gasteiger partial charge in [0.2, 0.25) is 0 Å². The van der Waals surface area contributed by atoms with E-state index in [0.717, 1.165) is 30.7 Å². The molecule has 0 amide bonds. The molecule has 3 nitrogen and oxygen atoms in total. The van der Waals surface area contributed by atoms with Crippen LogP contribution in [0.2, 0.25) is 0 Å². The zero-order valence-corrected chi connectivity index (χ0v) is 12.2. The maximum atomic E-state index is 12.9. The Labute approximate surface area is 125 Å². The highest BCUT2D eigenvalue weighted by molar-refractivity contribution is 5.96. The molecule has 1 aliphatic rings. The Kier molecular flexibility index (Phi) is 3.34. The van der Waals surface area contributed by atoms with E-state index in [4.69, 9.17) is 0 Å². The summed E-state index contributed by atoms with van der Waals surface area (Å²) in [5.41, 5.74) is 1.47. The molecule has 0 atom stereocenters. The number of ketones is 1. The SMILES string of the molecule is CC(=O)c1c(C)nn(-c2cccc(C(F)(F)F)c2)c1C1CC1. The fraction of sp³-hybridized carbons (Fsp3) is 0.375. The number of rotatable bonds is 3. The molecule has 0 N–H and O–H groups in total. The monoisotopic (exact) mass is 308 g/mol. The first-order valence-electron chi connectivity index (χ1n) is 7.07. The number of nitrogens with zero attached hydrogens (tertiary/aromatic N) is 2. The first kappa shape index (κ1) is 14.8. The lowest BCUT2D eigenvalue weighted by molar-refractivity contribution is -0.137. The van der Waals surface area contributed by atoms with Crippen molar-refractivity contribution < 1.29 is 18.0 Å².